The Labute approximate surface area is 126 Å². The molecular weight excluding hydrogens is 357 g/mol. The van der Waals surface area contributed by atoms with Gasteiger partial charge in [-0.3, -0.25) is 4.79 Å². The first kappa shape index (κ1) is 14.6. The van der Waals surface area contributed by atoms with E-state index in [2.05, 4.69) is 5.32 Å². The van der Waals surface area contributed by atoms with Gasteiger partial charge < -0.3 is 15.5 Å². The molecule has 0 spiro atoms. The van der Waals surface area contributed by atoms with Gasteiger partial charge in [-0.05, 0) is 53.6 Å². The van der Waals surface area contributed by atoms with E-state index in [0.29, 0.717) is 5.56 Å². The first-order chi connectivity index (χ1) is 9.11. The third-order valence-corrected chi connectivity index (χ3v) is 4.58. The molecule has 0 aliphatic heterocycles. The summed E-state index contributed by atoms with van der Waals surface area (Å²) in [4.78, 5) is 12.1. The molecule has 104 valence electrons. The minimum Gasteiger partial charge on any atom is -0.507 e. The summed E-state index contributed by atoms with van der Waals surface area (Å²) in [6.07, 6.45) is 4.06. The van der Waals surface area contributed by atoms with Gasteiger partial charge in [-0.2, -0.15) is 0 Å². The number of aliphatic hydroxyl groups excluding tert-OH is 1. The fourth-order valence-corrected chi connectivity index (χ4v) is 2.86. The highest BCUT2D eigenvalue weighted by Crippen LogP contribution is 2.25. The highest BCUT2D eigenvalue weighted by molar-refractivity contribution is 14.1. The summed E-state index contributed by atoms with van der Waals surface area (Å²) in [5, 5.41) is 21.9. The van der Waals surface area contributed by atoms with Crippen molar-refractivity contribution < 1.29 is 15.0 Å². The molecule has 1 saturated carbocycles. The Hall–Kier alpha value is -0.820. The third kappa shape index (κ3) is 3.60. The van der Waals surface area contributed by atoms with Gasteiger partial charge in [0.1, 0.15) is 5.75 Å². The van der Waals surface area contributed by atoms with Crippen molar-refractivity contribution in [1.29, 1.82) is 0 Å². The molecule has 5 heteroatoms. The lowest BCUT2D eigenvalue weighted by Crippen LogP contribution is -2.43. The number of hydrogen-bond acceptors (Lipinski definition) is 3. The molecule has 0 radical (unpaired) electrons. The normalized spacial score (nSPS) is 23.1. The number of amides is 1. The van der Waals surface area contributed by atoms with Crippen LogP contribution in [-0.2, 0) is 0 Å². The van der Waals surface area contributed by atoms with E-state index in [1.54, 1.807) is 12.1 Å². The van der Waals surface area contributed by atoms with Crippen molar-refractivity contribution in [2.45, 2.75) is 31.7 Å². The average Bonchev–Trinajstić information content (AvgIpc) is 2.42. The van der Waals surface area contributed by atoms with Crippen LogP contribution < -0.4 is 5.32 Å². The van der Waals surface area contributed by atoms with Crippen LogP contribution >= 0.6 is 22.6 Å². The number of phenols is 1. The maximum atomic E-state index is 12.1. The minimum absolute atomic E-state index is 0.0349. The Morgan fingerprint density at radius 1 is 1.37 bits per heavy atom. The number of halogens is 1. The summed E-state index contributed by atoms with van der Waals surface area (Å²) in [7, 11) is 0. The Morgan fingerprint density at radius 2 is 2.11 bits per heavy atom. The summed E-state index contributed by atoms with van der Waals surface area (Å²) < 4.78 is 0.722. The van der Waals surface area contributed by atoms with Crippen LogP contribution in [0.3, 0.4) is 0 Å². The van der Waals surface area contributed by atoms with Gasteiger partial charge in [-0.1, -0.05) is 12.8 Å². The van der Waals surface area contributed by atoms with E-state index < -0.39 is 0 Å². The average molecular weight is 375 g/mol. The minimum atomic E-state index is -0.183. The number of aromatic hydroxyl groups is 1. The first-order valence-corrected chi connectivity index (χ1v) is 7.60. The van der Waals surface area contributed by atoms with Crippen LogP contribution in [0.25, 0.3) is 0 Å². The highest BCUT2D eigenvalue weighted by Gasteiger charge is 2.26. The van der Waals surface area contributed by atoms with E-state index >= 15 is 0 Å². The van der Waals surface area contributed by atoms with Gasteiger partial charge in [-0.25, -0.2) is 0 Å². The van der Waals surface area contributed by atoms with Crippen LogP contribution in [0.15, 0.2) is 18.2 Å². The fraction of sp³-hybridized carbons (Fsp3) is 0.500. The van der Waals surface area contributed by atoms with Crippen molar-refractivity contribution in [3.05, 3.63) is 27.3 Å². The van der Waals surface area contributed by atoms with Gasteiger partial charge in [0.25, 0.3) is 5.91 Å². The molecule has 3 N–H and O–H groups in total. The lowest BCUT2D eigenvalue weighted by atomic mass is 9.85. The van der Waals surface area contributed by atoms with E-state index in [-0.39, 0.29) is 30.2 Å². The predicted molar refractivity (Wildman–Crippen MR) is 81.1 cm³/mol. The van der Waals surface area contributed by atoms with Gasteiger partial charge in [0.05, 0.1) is 3.57 Å². The van der Waals surface area contributed by atoms with Crippen LogP contribution in [0.2, 0.25) is 0 Å². The Morgan fingerprint density at radius 3 is 2.79 bits per heavy atom. The number of rotatable bonds is 3. The molecule has 1 amide bonds. The predicted octanol–water partition coefficient (Wildman–Crippen LogP) is 2.28. The van der Waals surface area contributed by atoms with Crippen LogP contribution in [0.4, 0.5) is 0 Å². The third-order valence-electron chi connectivity index (χ3n) is 3.67. The quantitative estimate of drug-likeness (QED) is 0.710. The van der Waals surface area contributed by atoms with Crippen molar-refractivity contribution in [3.63, 3.8) is 0 Å². The van der Waals surface area contributed by atoms with Gasteiger partial charge >= 0.3 is 0 Å². The molecule has 0 aromatic heterocycles. The maximum absolute atomic E-state index is 12.1. The maximum Gasteiger partial charge on any atom is 0.251 e. The Bertz CT molecular complexity index is 464. The lowest BCUT2D eigenvalue weighted by molar-refractivity contribution is 0.0872. The smallest absolute Gasteiger partial charge is 0.251 e. The Kier molecular flexibility index (Phi) is 5.04. The van der Waals surface area contributed by atoms with Crippen LogP contribution in [0, 0.1) is 9.49 Å². The molecule has 1 fully saturated rings. The van der Waals surface area contributed by atoms with Crippen LogP contribution in [-0.4, -0.2) is 28.8 Å². The molecule has 4 nitrogen and oxygen atoms in total. The standard InChI is InChI=1S/C14H18INO3/c15-11-6-5-9(7-13(11)18)14(19)16-12-4-2-1-3-10(12)8-17/h5-7,10,12,17-18H,1-4,8H2,(H,16,19). The SMILES string of the molecule is O=C(NC1CCCCC1CO)c1ccc(I)c(O)c1. The molecule has 2 rings (SSSR count). The second kappa shape index (κ2) is 6.56. The number of aliphatic hydroxyl groups is 1. The number of carbonyl (C=O) groups excluding carboxylic acids is 1. The number of phenolic OH excluding ortho intramolecular Hbond substituents is 1. The van der Waals surface area contributed by atoms with E-state index in [4.69, 9.17) is 0 Å². The van der Waals surface area contributed by atoms with E-state index in [1.807, 2.05) is 22.6 Å². The molecule has 1 aliphatic rings. The molecule has 0 saturated heterocycles. The van der Waals surface area contributed by atoms with Crippen LogP contribution in [0.1, 0.15) is 36.0 Å². The molecule has 1 aromatic rings. The zero-order valence-corrected chi connectivity index (χ0v) is 12.8. The fourth-order valence-electron chi connectivity index (χ4n) is 2.52. The first-order valence-electron chi connectivity index (χ1n) is 6.52. The number of hydrogen-bond donors (Lipinski definition) is 3. The molecule has 2 unspecified atom stereocenters. The zero-order valence-electron chi connectivity index (χ0n) is 10.6. The summed E-state index contributed by atoms with van der Waals surface area (Å²) in [5.74, 6) is 0.0859. The van der Waals surface area contributed by atoms with E-state index in [9.17, 15) is 15.0 Å². The zero-order chi connectivity index (χ0) is 13.8. The van der Waals surface area contributed by atoms with Gasteiger partial charge in [0.15, 0.2) is 0 Å². The monoisotopic (exact) mass is 375 g/mol. The largest absolute Gasteiger partial charge is 0.507 e. The van der Waals surface area contributed by atoms with E-state index in [1.165, 1.54) is 6.07 Å². The summed E-state index contributed by atoms with van der Waals surface area (Å²) >= 11 is 2.01. The molecule has 0 bridgehead atoms. The second-order valence-corrected chi connectivity index (χ2v) is 6.14. The van der Waals surface area contributed by atoms with Crippen molar-refractivity contribution in [1.82, 2.24) is 5.32 Å². The lowest BCUT2D eigenvalue weighted by Gasteiger charge is -2.30. The molecule has 0 heterocycles. The van der Waals surface area contributed by atoms with Crippen molar-refractivity contribution in [2.24, 2.45) is 5.92 Å². The molecule has 2 atom stereocenters. The number of benzene rings is 1. The number of nitrogens with one attached hydrogen (secondary N) is 1. The van der Waals surface area contributed by atoms with Gasteiger partial charge in [0.2, 0.25) is 0 Å². The topological polar surface area (TPSA) is 69.6 Å². The van der Waals surface area contributed by atoms with Gasteiger partial charge in [-0.15, -0.1) is 0 Å². The second-order valence-electron chi connectivity index (χ2n) is 4.97. The molecule has 1 aromatic carbocycles. The molecule has 19 heavy (non-hydrogen) atoms. The van der Waals surface area contributed by atoms with Crippen molar-refractivity contribution >= 4 is 28.5 Å². The summed E-state index contributed by atoms with van der Waals surface area (Å²) in [5.41, 5.74) is 0.458. The summed E-state index contributed by atoms with van der Waals surface area (Å²) in [6.45, 7) is 0.114. The highest BCUT2D eigenvalue weighted by atomic mass is 127. The molecule has 1 aliphatic carbocycles. The van der Waals surface area contributed by atoms with Crippen molar-refractivity contribution in [3.8, 4) is 5.75 Å². The Balaban J connectivity index is 2.05. The van der Waals surface area contributed by atoms with Gasteiger partial charge in [0, 0.05) is 24.1 Å². The van der Waals surface area contributed by atoms with E-state index in [0.717, 1.165) is 29.3 Å². The number of carbonyl (C=O) groups is 1. The summed E-state index contributed by atoms with van der Waals surface area (Å²) in [6, 6.07) is 4.93. The van der Waals surface area contributed by atoms with Crippen molar-refractivity contribution in [2.75, 3.05) is 6.61 Å². The van der Waals surface area contributed by atoms with Crippen LogP contribution in [0.5, 0.6) is 5.75 Å². The molecular formula is C14H18INO3.